The molecular formula is C25H29N7O2. The summed E-state index contributed by atoms with van der Waals surface area (Å²) in [4.78, 5) is 23.7. The van der Waals surface area contributed by atoms with Crippen molar-refractivity contribution < 1.29 is 9.53 Å². The lowest BCUT2D eigenvalue weighted by atomic mass is 10.1. The average molecular weight is 460 g/mol. The van der Waals surface area contributed by atoms with Gasteiger partial charge in [-0.15, -0.1) is 0 Å². The highest BCUT2D eigenvalue weighted by Crippen LogP contribution is 2.23. The largest absolute Gasteiger partial charge is 0.378 e. The number of hydrogen-bond acceptors (Lipinski definition) is 8. The van der Waals surface area contributed by atoms with Crippen LogP contribution < -0.4 is 26.2 Å². The Bertz CT molecular complexity index is 1090. The number of carbonyl (C=O) groups excluding carboxylic acids is 1. The second-order valence-electron chi connectivity index (χ2n) is 8.31. The molecule has 0 spiro atoms. The molecule has 2 aliphatic heterocycles. The SMILES string of the molecule is O=C(Nc1ccc(-c2ccnc(Nc3ccc(N4CCOCC4)cc3)n2)cc1)C1CNCCN1. The van der Waals surface area contributed by atoms with Crippen molar-refractivity contribution in [2.75, 3.05) is 61.5 Å². The third-order valence-electron chi connectivity index (χ3n) is 5.96. The molecule has 3 heterocycles. The van der Waals surface area contributed by atoms with E-state index in [2.05, 4.69) is 48.3 Å². The zero-order chi connectivity index (χ0) is 23.2. The van der Waals surface area contributed by atoms with Crippen molar-refractivity contribution in [3.63, 3.8) is 0 Å². The van der Waals surface area contributed by atoms with Gasteiger partial charge in [-0.25, -0.2) is 9.97 Å². The van der Waals surface area contributed by atoms with E-state index >= 15 is 0 Å². The highest BCUT2D eigenvalue weighted by Gasteiger charge is 2.20. The molecule has 1 atom stereocenters. The van der Waals surface area contributed by atoms with Crippen LogP contribution in [0.2, 0.25) is 0 Å². The summed E-state index contributed by atoms with van der Waals surface area (Å²) in [6, 6.07) is 17.6. The van der Waals surface area contributed by atoms with Gasteiger partial charge >= 0.3 is 0 Å². The van der Waals surface area contributed by atoms with Gasteiger partial charge in [-0.2, -0.15) is 0 Å². The van der Waals surface area contributed by atoms with Crippen LogP contribution >= 0.6 is 0 Å². The number of ether oxygens (including phenoxy) is 1. The minimum atomic E-state index is -0.216. The normalized spacial score (nSPS) is 18.4. The minimum absolute atomic E-state index is 0.0342. The van der Waals surface area contributed by atoms with E-state index in [-0.39, 0.29) is 11.9 Å². The van der Waals surface area contributed by atoms with Crippen molar-refractivity contribution in [2.45, 2.75) is 6.04 Å². The Morgan fingerprint density at radius 2 is 1.74 bits per heavy atom. The van der Waals surface area contributed by atoms with E-state index in [1.165, 1.54) is 5.69 Å². The maximum absolute atomic E-state index is 12.4. The van der Waals surface area contributed by atoms with Crippen LogP contribution in [-0.2, 0) is 9.53 Å². The first kappa shape index (κ1) is 22.3. The second kappa shape index (κ2) is 10.6. The molecule has 3 aromatic rings. The number of hydrogen-bond donors (Lipinski definition) is 4. The minimum Gasteiger partial charge on any atom is -0.378 e. The van der Waals surface area contributed by atoms with Gasteiger partial charge in [0.1, 0.15) is 0 Å². The number of amides is 1. The van der Waals surface area contributed by atoms with Crippen molar-refractivity contribution >= 4 is 28.9 Å². The fourth-order valence-electron chi connectivity index (χ4n) is 4.08. The molecule has 176 valence electrons. The van der Waals surface area contributed by atoms with Gasteiger partial charge in [0.05, 0.1) is 24.9 Å². The van der Waals surface area contributed by atoms with Gasteiger partial charge < -0.3 is 30.9 Å². The van der Waals surface area contributed by atoms with Crippen molar-refractivity contribution in [2.24, 2.45) is 0 Å². The molecule has 4 N–H and O–H groups in total. The molecule has 0 saturated carbocycles. The molecule has 9 nitrogen and oxygen atoms in total. The van der Waals surface area contributed by atoms with Crippen LogP contribution in [0.5, 0.6) is 0 Å². The van der Waals surface area contributed by atoms with Gasteiger partial charge in [0.15, 0.2) is 0 Å². The van der Waals surface area contributed by atoms with Crippen LogP contribution in [0.3, 0.4) is 0 Å². The van der Waals surface area contributed by atoms with E-state index in [1.54, 1.807) is 6.20 Å². The Morgan fingerprint density at radius 1 is 0.971 bits per heavy atom. The fraction of sp³-hybridized carbons (Fsp3) is 0.320. The summed E-state index contributed by atoms with van der Waals surface area (Å²) < 4.78 is 5.43. The number of morpholine rings is 1. The highest BCUT2D eigenvalue weighted by atomic mass is 16.5. The molecular weight excluding hydrogens is 430 g/mol. The first-order valence-corrected chi connectivity index (χ1v) is 11.6. The number of nitrogens with one attached hydrogen (secondary N) is 4. The summed E-state index contributed by atoms with van der Waals surface area (Å²) in [7, 11) is 0. The molecule has 34 heavy (non-hydrogen) atoms. The maximum atomic E-state index is 12.4. The van der Waals surface area contributed by atoms with E-state index in [1.807, 2.05) is 42.5 Å². The maximum Gasteiger partial charge on any atom is 0.242 e. The Kier molecular flexibility index (Phi) is 6.94. The van der Waals surface area contributed by atoms with E-state index < -0.39 is 0 Å². The smallest absolute Gasteiger partial charge is 0.242 e. The van der Waals surface area contributed by atoms with Crippen LogP contribution in [0, 0.1) is 0 Å². The molecule has 1 amide bonds. The standard InChI is InChI=1S/C25H29N7O2/c33-24(23-17-26-11-12-27-23)29-19-3-1-18(2-4-19)22-9-10-28-25(31-22)30-20-5-7-21(8-6-20)32-13-15-34-16-14-32/h1-10,23,26-27H,11-17H2,(H,29,33)(H,28,30,31). The number of piperazine rings is 1. The van der Waals surface area contributed by atoms with E-state index in [0.717, 1.165) is 62.0 Å². The molecule has 5 rings (SSSR count). The van der Waals surface area contributed by atoms with Gasteiger partial charge in [-0.3, -0.25) is 4.79 Å². The molecule has 2 aromatic carbocycles. The predicted octanol–water partition coefficient (Wildman–Crippen LogP) is 2.22. The number of anilines is 4. The van der Waals surface area contributed by atoms with Crippen molar-refractivity contribution in [3.05, 3.63) is 60.8 Å². The van der Waals surface area contributed by atoms with Crippen molar-refractivity contribution in [1.29, 1.82) is 0 Å². The van der Waals surface area contributed by atoms with Crippen LogP contribution in [-0.4, -0.2) is 67.9 Å². The van der Waals surface area contributed by atoms with Crippen LogP contribution in [0.25, 0.3) is 11.3 Å². The zero-order valence-electron chi connectivity index (χ0n) is 19.0. The lowest BCUT2D eigenvalue weighted by Crippen LogP contribution is -2.54. The lowest BCUT2D eigenvalue weighted by Gasteiger charge is -2.28. The predicted molar refractivity (Wildman–Crippen MR) is 134 cm³/mol. The molecule has 0 bridgehead atoms. The molecule has 2 fully saturated rings. The van der Waals surface area contributed by atoms with Gasteiger partial charge in [-0.1, -0.05) is 12.1 Å². The number of carbonyl (C=O) groups is 1. The zero-order valence-corrected chi connectivity index (χ0v) is 19.0. The quantitative estimate of drug-likeness (QED) is 0.445. The monoisotopic (exact) mass is 459 g/mol. The third kappa shape index (κ3) is 5.51. The summed E-state index contributed by atoms with van der Waals surface area (Å²) in [5, 5.41) is 12.7. The Balaban J connectivity index is 1.21. The number of nitrogens with zero attached hydrogens (tertiary/aromatic N) is 3. The summed E-state index contributed by atoms with van der Waals surface area (Å²) in [5.41, 5.74) is 4.63. The Labute approximate surface area is 198 Å². The van der Waals surface area contributed by atoms with Crippen LogP contribution in [0.15, 0.2) is 60.8 Å². The summed E-state index contributed by atoms with van der Waals surface area (Å²) in [6.45, 7) is 5.67. The van der Waals surface area contributed by atoms with Crippen molar-refractivity contribution in [3.8, 4) is 11.3 Å². The van der Waals surface area contributed by atoms with E-state index in [9.17, 15) is 4.79 Å². The van der Waals surface area contributed by atoms with Gasteiger partial charge in [0.25, 0.3) is 0 Å². The first-order chi connectivity index (χ1) is 16.7. The number of benzene rings is 2. The molecule has 2 aliphatic rings. The van der Waals surface area contributed by atoms with Crippen LogP contribution in [0.4, 0.5) is 23.0 Å². The fourth-order valence-corrected chi connectivity index (χ4v) is 4.08. The van der Waals surface area contributed by atoms with Gasteiger partial charge in [0.2, 0.25) is 11.9 Å². The highest BCUT2D eigenvalue weighted by molar-refractivity contribution is 5.95. The molecule has 1 unspecified atom stereocenters. The molecule has 9 heteroatoms. The summed E-state index contributed by atoms with van der Waals surface area (Å²) >= 11 is 0. The van der Waals surface area contributed by atoms with Crippen LogP contribution in [0.1, 0.15) is 0 Å². The first-order valence-electron chi connectivity index (χ1n) is 11.6. The Hall–Kier alpha value is -3.53. The molecule has 1 aromatic heterocycles. The summed E-state index contributed by atoms with van der Waals surface area (Å²) in [6.07, 6.45) is 1.74. The molecule has 0 radical (unpaired) electrons. The Morgan fingerprint density at radius 3 is 2.47 bits per heavy atom. The van der Waals surface area contributed by atoms with E-state index in [4.69, 9.17) is 4.74 Å². The molecule has 0 aliphatic carbocycles. The number of aromatic nitrogens is 2. The second-order valence-corrected chi connectivity index (χ2v) is 8.31. The summed E-state index contributed by atoms with van der Waals surface area (Å²) in [5.74, 6) is 0.498. The van der Waals surface area contributed by atoms with Gasteiger partial charge in [0, 0.05) is 61.5 Å². The third-order valence-corrected chi connectivity index (χ3v) is 5.96. The van der Waals surface area contributed by atoms with E-state index in [0.29, 0.717) is 12.5 Å². The molecule has 2 saturated heterocycles. The number of rotatable bonds is 6. The average Bonchev–Trinajstić information content (AvgIpc) is 2.91. The lowest BCUT2D eigenvalue weighted by molar-refractivity contribution is -0.118. The topological polar surface area (TPSA) is 103 Å². The van der Waals surface area contributed by atoms with Gasteiger partial charge in [-0.05, 0) is 42.5 Å². The van der Waals surface area contributed by atoms with Crippen molar-refractivity contribution in [1.82, 2.24) is 20.6 Å².